The van der Waals surface area contributed by atoms with Crippen LogP contribution in [-0.2, 0) is 6.54 Å². The molecular formula is C17H18BN3O. The van der Waals surface area contributed by atoms with E-state index >= 15 is 0 Å². The van der Waals surface area contributed by atoms with Gasteiger partial charge >= 0.3 is 0 Å². The second-order valence-corrected chi connectivity index (χ2v) is 5.55. The van der Waals surface area contributed by atoms with Gasteiger partial charge in [-0.2, -0.15) is 0 Å². The lowest BCUT2D eigenvalue weighted by molar-refractivity contribution is 0.100. The van der Waals surface area contributed by atoms with E-state index in [4.69, 9.17) is 5.73 Å². The van der Waals surface area contributed by atoms with E-state index in [-0.39, 0.29) is 0 Å². The Balaban J connectivity index is 2.00. The number of nitrogens with zero attached hydrogens (tertiary/aromatic N) is 2. The molecule has 2 N–H and O–H groups in total. The van der Waals surface area contributed by atoms with Crippen LogP contribution in [-0.4, -0.2) is 22.7 Å². The number of aryl methyl sites for hydroxylation is 1. The summed E-state index contributed by atoms with van der Waals surface area (Å²) in [7, 11) is 1.04. The topological polar surface area (TPSA) is 60.9 Å². The van der Waals surface area contributed by atoms with Crippen molar-refractivity contribution in [1.29, 1.82) is 0 Å². The Labute approximate surface area is 130 Å². The van der Waals surface area contributed by atoms with Crippen molar-refractivity contribution in [3.63, 3.8) is 0 Å². The molecule has 22 heavy (non-hydrogen) atoms. The number of imidazole rings is 1. The summed E-state index contributed by atoms with van der Waals surface area (Å²) >= 11 is 0. The van der Waals surface area contributed by atoms with Gasteiger partial charge in [-0.3, -0.25) is 4.79 Å². The number of rotatable bonds is 4. The molecule has 3 rings (SSSR count). The molecule has 0 saturated carbocycles. The lowest BCUT2D eigenvalue weighted by atomic mass is 9.72. The molecule has 5 heteroatoms. The number of benzene rings is 2. The Morgan fingerprint density at radius 3 is 2.77 bits per heavy atom. The van der Waals surface area contributed by atoms with Gasteiger partial charge in [0.15, 0.2) is 7.28 Å². The number of hydrogen-bond donors (Lipinski definition) is 1. The summed E-state index contributed by atoms with van der Waals surface area (Å²) in [5, 5.41) is 0. The minimum Gasteiger partial charge on any atom is -0.366 e. The average molecular weight is 291 g/mol. The van der Waals surface area contributed by atoms with Gasteiger partial charge in [-0.1, -0.05) is 30.5 Å². The van der Waals surface area contributed by atoms with E-state index in [1.165, 1.54) is 16.6 Å². The molecule has 1 aromatic heterocycles. The standard InChI is InChI=1S/C17H18BN3O/c1-11-7-14(18-2)5-3-13(11)9-21-10-20-15-6-4-12(17(19)22)8-16(15)21/h3-8,10,18H,9H2,1-2H3,(H2,19,22). The van der Waals surface area contributed by atoms with Crippen LogP contribution in [0.5, 0.6) is 0 Å². The molecule has 0 bridgehead atoms. The predicted molar refractivity (Wildman–Crippen MR) is 91.2 cm³/mol. The third-order valence-electron chi connectivity index (χ3n) is 4.06. The first-order valence-corrected chi connectivity index (χ1v) is 7.41. The molecule has 1 amide bonds. The van der Waals surface area contributed by atoms with Crippen LogP contribution < -0.4 is 11.2 Å². The predicted octanol–water partition coefficient (Wildman–Crippen LogP) is 1.60. The molecule has 1 heterocycles. The third kappa shape index (κ3) is 2.62. The summed E-state index contributed by atoms with van der Waals surface area (Å²) in [6, 6.07) is 11.9. The van der Waals surface area contributed by atoms with E-state index in [9.17, 15) is 4.79 Å². The number of primary amides is 1. The molecule has 0 spiro atoms. The van der Waals surface area contributed by atoms with Crippen LogP contribution >= 0.6 is 0 Å². The molecule has 0 fully saturated rings. The van der Waals surface area contributed by atoms with E-state index < -0.39 is 5.91 Å². The molecular weight excluding hydrogens is 273 g/mol. The first kappa shape index (κ1) is 14.4. The Bertz CT molecular complexity index is 854. The lowest BCUT2D eigenvalue weighted by Gasteiger charge is -2.10. The second kappa shape index (κ2) is 5.68. The summed E-state index contributed by atoms with van der Waals surface area (Å²) in [5.41, 5.74) is 11.5. The second-order valence-electron chi connectivity index (χ2n) is 5.55. The fourth-order valence-corrected chi connectivity index (χ4v) is 2.67. The summed E-state index contributed by atoms with van der Waals surface area (Å²) in [4.78, 5) is 15.7. The van der Waals surface area contributed by atoms with Gasteiger partial charge in [-0.15, -0.1) is 0 Å². The van der Waals surface area contributed by atoms with Crippen LogP contribution in [0.25, 0.3) is 11.0 Å². The van der Waals surface area contributed by atoms with Crippen molar-refractivity contribution in [3.8, 4) is 0 Å². The fourth-order valence-electron chi connectivity index (χ4n) is 2.67. The van der Waals surface area contributed by atoms with E-state index in [1.54, 1.807) is 12.1 Å². The van der Waals surface area contributed by atoms with Crippen molar-refractivity contribution in [3.05, 3.63) is 59.4 Å². The fraction of sp³-hybridized carbons (Fsp3) is 0.176. The maximum Gasteiger partial charge on any atom is 0.248 e. The summed E-state index contributed by atoms with van der Waals surface area (Å²) in [6.07, 6.45) is 1.81. The van der Waals surface area contributed by atoms with Crippen molar-refractivity contribution in [2.24, 2.45) is 5.73 Å². The Morgan fingerprint density at radius 1 is 1.27 bits per heavy atom. The zero-order valence-electron chi connectivity index (χ0n) is 12.8. The van der Waals surface area contributed by atoms with Gasteiger partial charge < -0.3 is 10.3 Å². The molecule has 4 nitrogen and oxygen atoms in total. The maximum absolute atomic E-state index is 11.4. The van der Waals surface area contributed by atoms with Crippen molar-refractivity contribution in [2.45, 2.75) is 20.3 Å². The Hall–Kier alpha value is -2.56. The van der Waals surface area contributed by atoms with Crippen LogP contribution in [0.2, 0.25) is 6.82 Å². The molecule has 0 saturated heterocycles. The first-order valence-electron chi connectivity index (χ1n) is 7.41. The van der Waals surface area contributed by atoms with E-state index in [1.807, 2.05) is 12.4 Å². The number of fused-ring (bicyclic) bond motifs is 1. The summed E-state index contributed by atoms with van der Waals surface area (Å²) in [6.45, 7) is 5.01. The number of amides is 1. The number of aromatic nitrogens is 2. The number of carbonyl (C=O) groups is 1. The monoisotopic (exact) mass is 291 g/mol. The van der Waals surface area contributed by atoms with Crippen LogP contribution in [0.3, 0.4) is 0 Å². The number of hydrogen-bond acceptors (Lipinski definition) is 2. The van der Waals surface area contributed by atoms with Gasteiger partial charge in [0.2, 0.25) is 5.91 Å². The molecule has 3 aromatic rings. The average Bonchev–Trinajstić information content (AvgIpc) is 2.91. The molecule has 2 aromatic carbocycles. The minimum atomic E-state index is -0.418. The van der Waals surface area contributed by atoms with Crippen molar-refractivity contribution >= 4 is 29.7 Å². The number of nitrogens with two attached hydrogens (primary N) is 1. The highest BCUT2D eigenvalue weighted by molar-refractivity contribution is 6.51. The van der Waals surface area contributed by atoms with Crippen molar-refractivity contribution in [1.82, 2.24) is 9.55 Å². The summed E-state index contributed by atoms with van der Waals surface area (Å²) < 4.78 is 2.05. The maximum atomic E-state index is 11.4. The van der Waals surface area contributed by atoms with Gasteiger partial charge in [-0.05, 0) is 36.2 Å². The molecule has 0 aliphatic rings. The van der Waals surface area contributed by atoms with Gasteiger partial charge in [0.25, 0.3) is 0 Å². The van der Waals surface area contributed by atoms with Crippen LogP contribution in [0.15, 0.2) is 42.7 Å². The van der Waals surface area contributed by atoms with Gasteiger partial charge in [-0.25, -0.2) is 4.98 Å². The lowest BCUT2D eigenvalue weighted by Crippen LogP contribution is -2.12. The highest BCUT2D eigenvalue weighted by Gasteiger charge is 2.08. The van der Waals surface area contributed by atoms with Crippen LogP contribution in [0.4, 0.5) is 0 Å². The molecule has 0 aliphatic heterocycles. The minimum absolute atomic E-state index is 0.418. The normalized spacial score (nSPS) is 10.8. The Morgan fingerprint density at radius 2 is 2.09 bits per heavy atom. The highest BCUT2D eigenvalue weighted by Crippen LogP contribution is 2.17. The third-order valence-corrected chi connectivity index (χ3v) is 4.06. The summed E-state index contributed by atoms with van der Waals surface area (Å²) in [5.74, 6) is -0.418. The largest absolute Gasteiger partial charge is 0.366 e. The van der Waals surface area contributed by atoms with E-state index in [0.29, 0.717) is 5.56 Å². The molecule has 0 radical (unpaired) electrons. The van der Waals surface area contributed by atoms with Crippen molar-refractivity contribution in [2.75, 3.05) is 0 Å². The smallest absolute Gasteiger partial charge is 0.248 e. The number of carbonyl (C=O) groups excluding carboxylic acids is 1. The van der Waals surface area contributed by atoms with Crippen LogP contribution in [0.1, 0.15) is 21.5 Å². The zero-order valence-corrected chi connectivity index (χ0v) is 12.8. The Kier molecular flexibility index (Phi) is 3.71. The van der Waals surface area contributed by atoms with Gasteiger partial charge in [0.05, 0.1) is 17.4 Å². The van der Waals surface area contributed by atoms with Gasteiger partial charge in [0, 0.05) is 12.1 Å². The molecule has 110 valence electrons. The zero-order chi connectivity index (χ0) is 15.7. The quantitative estimate of drug-likeness (QED) is 0.742. The van der Waals surface area contributed by atoms with Crippen molar-refractivity contribution < 1.29 is 4.79 Å². The first-order chi connectivity index (χ1) is 10.6. The van der Waals surface area contributed by atoms with Gasteiger partial charge in [0.1, 0.15) is 0 Å². The SMILES string of the molecule is CBc1ccc(Cn2cnc3ccc(C(N)=O)cc32)c(C)c1. The van der Waals surface area contributed by atoms with Crippen LogP contribution in [0, 0.1) is 6.92 Å². The molecule has 0 unspecified atom stereocenters. The molecule has 0 atom stereocenters. The highest BCUT2D eigenvalue weighted by atomic mass is 16.1. The molecule has 0 aliphatic carbocycles. The van der Waals surface area contributed by atoms with E-state index in [2.05, 4.69) is 41.5 Å². The van der Waals surface area contributed by atoms with E-state index in [0.717, 1.165) is 24.9 Å².